The molecule has 14 nitrogen and oxygen atoms in total. The standard InChI is InChI=1S/C31H32N6O8S/c1-31(2,3)45-30(40)33-14-19-11-21(7-6-17(19)13-32)34-24(18-10-20-15-43-16-44-25(20)23(12-18)41-4)27-35-29(39)37(36-27)22-8-9-46-26(22)28(38)42-5/h6-12,24,34H,14-16H2,1-5H3,(H,33,40)(H,35,36,39). The number of benzene rings is 2. The van der Waals surface area contributed by atoms with Crippen LogP contribution in [0.15, 0.2) is 46.6 Å². The summed E-state index contributed by atoms with van der Waals surface area (Å²) >= 11 is 1.12. The van der Waals surface area contributed by atoms with Gasteiger partial charge in [0.2, 0.25) is 0 Å². The van der Waals surface area contributed by atoms with Gasteiger partial charge in [0, 0.05) is 17.8 Å². The molecule has 5 rings (SSSR count). The van der Waals surface area contributed by atoms with E-state index >= 15 is 0 Å². The van der Waals surface area contributed by atoms with E-state index in [-0.39, 0.29) is 36.3 Å². The van der Waals surface area contributed by atoms with E-state index in [4.69, 9.17) is 23.7 Å². The van der Waals surface area contributed by atoms with Crippen LogP contribution in [0.5, 0.6) is 11.5 Å². The van der Waals surface area contributed by atoms with E-state index in [9.17, 15) is 19.6 Å². The smallest absolute Gasteiger partial charge is 0.407 e. The Kier molecular flexibility index (Phi) is 9.31. The quantitative estimate of drug-likeness (QED) is 0.219. The Balaban J connectivity index is 1.56. The molecule has 46 heavy (non-hydrogen) atoms. The van der Waals surface area contributed by atoms with Gasteiger partial charge in [-0.3, -0.25) is 4.98 Å². The van der Waals surface area contributed by atoms with Gasteiger partial charge in [-0.1, -0.05) is 0 Å². The molecular weight excluding hydrogens is 616 g/mol. The molecule has 0 aliphatic carbocycles. The molecule has 2 aromatic heterocycles. The number of aromatic nitrogens is 3. The van der Waals surface area contributed by atoms with Crippen LogP contribution in [0.25, 0.3) is 5.69 Å². The molecule has 0 radical (unpaired) electrons. The number of amides is 1. The summed E-state index contributed by atoms with van der Waals surface area (Å²) in [7, 11) is 2.78. The van der Waals surface area contributed by atoms with Crippen molar-refractivity contribution in [3.8, 4) is 23.3 Å². The molecule has 1 amide bonds. The molecule has 15 heteroatoms. The first kappa shape index (κ1) is 32.1. The highest BCUT2D eigenvalue weighted by atomic mass is 32.1. The van der Waals surface area contributed by atoms with Crippen molar-refractivity contribution in [3.05, 3.63) is 85.2 Å². The predicted molar refractivity (Wildman–Crippen MR) is 166 cm³/mol. The lowest BCUT2D eigenvalue weighted by molar-refractivity contribution is -0.0180. The number of nitriles is 1. The highest BCUT2D eigenvalue weighted by Crippen LogP contribution is 2.39. The minimum absolute atomic E-state index is 0.0270. The summed E-state index contributed by atoms with van der Waals surface area (Å²) in [5, 5.41) is 22.1. The molecule has 1 aliphatic rings. The van der Waals surface area contributed by atoms with Crippen molar-refractivity contribution in [2.24, 2.45) is 0 Å². The lowest BCUT2D eigenvalue weighted by Crippen LogP contribution is -2.32. The second kappa shape index (κ2) is 13.3. The van der Waals surface area contributed by atoms with Gasteiger partial charge in [0.05, 0.1) is 38.1 Å². The number of methoxy groups -OCH3 is 2. The number of rotatable bonds is 9. The highest BCUT2D eigenvalue weighted by Gasteiger charge is 2.27. The van der Waals surface area contributed by atoms with Crippen molar-refractivity contribution in [1.29, 1.82) is 5.26 Å². The third-order valence-corrected chi connectivity index (χ3v) is 7.65. The average Bonchev–Trinajstić information content (AvgIpc) is 3.67. The van der Waals surface area contributed by atoms with E-state index < -0.39 is 29.4 Å². The first-order chi connectivity index (χ1) is 22.0. The van der Waals surface area contributed by atoms with Crippen LogP contribution in [0.1, 0.15) is 64.6 Å². The van der Waals surface area contributed by atoms with Gasteiger partial charge in [0.15, 0.2) is 24.1 Å². The molecule has 0 bridgehead atoms. The summed E-state index contributed by atoms with van der Waals surface area (Å²) < 4.78 is 28.1. The maximum atomic E-state index is 13.2. The number of hydrogen-bond donors (Lipinski definition) is 3. The lowest BCUT2D eigenvalue weighted by Gasteiger charge is -2.24. The first-order valence-corrected chi connectivity index (χ1v) is 14.9. The third kappa shape index (κ3) is 6.98. The Bertz CT molecular complexity index is 1850. The maximum absolute atomic E-state index is 13.2. The van der Waals surface area contributed by atoms with Gasteiger partial charge >= 0.3 is 17.8 Å². The number of esters is 1. The molecule has 1 aliphatic heterocycles. The van der Waals surface area contributed by atoms with E-state index in [1.165, 1.54) is 14.2 Å². The van der Waals surface area contributed by atoms with Crippen LogP contribution in [0.3, 0.4) is 0 Å². The number of ether oxygens (including phenoxy) is 5. The number of H-pyrrole nitrogens is 1. The van der Waals surface area contributed by atoms with Crippen LogP contribution in [0.2, 0.25) is 0 Å². The van der Waals surface area contributed by atoms with Crippen LogP contribution in [0, 0.1) is 11.3 Å². The lowest BCUT2D eigenvalue weighted by atomic mass is 10.0. The van der Waals surface area contributed by atoms with E-state index in [2.05, 4.69) is 26.8 Å². The van der Waals surface area contributed by atoms with Crippen molar-refractivity contribution in [2.75, 3.05) is 26.3 Å². The zero-order chi connectivity index (χ0) is 33.0. The largest absolute Gasteiger partial charge is 0.493 e. The zero-order valence-electron chi connectivity index (χ0n) is 25.8. The predicted octanol–water partition coefficient (Wildman–Crippen LogP) is 4.38. The molecule has 1 unspecified atom stereocenters. The van der Waals surface area contributed by atoms with Crippen molar-refractivity contribution in [3.63, 3.8) is 0 Å². The number of aromatic amines is 1. The molecule has 4 aromatic rings. The van der Waals surface area contributed by atoms with Gasteiger partial charge in [-0.2, -0.15) is 9.94 Å². The number of anilines is 1. The van der Waals surface area contributed by atoms with Crippen LogP contribution in [-0.2, 0) is 27.4 Å². The Labute approximate surface area is 267 Å². The molecular formula is C31H32N6O8S. The number of nitrogens with one attached hydrogen (secondary N) is 3. The molecule has 0 spiro atoms. The van der Waals surface area contributed by atoms with E-state index in [1.807, 2.05) is 6.07 Å². The third-order valence-electron chi connectivity index (χ3n) is 6.76. The summed E-state index contributed by atoms with van der Waals surface area (Å²) in [4.78, 5) is 41.0. The molecule has 0 fully saturated rings. The second-order valence-corrected chi connectivity index (χ2v) is 12.0. The number of nitrogens with zero attached hydrogens (tertiary/aromatic N) is 3. The number of carbonyl (C=O) groups is 2. The second-order valence-electron chi connectivity index (χ2n) is 11.1. The SMILES string of the molecule is COC(=O)c1sccc1-n1nc(C(Nc2ccc(C#N)c(CNC(=O)OC(C)(C)C)c2)c2cc3c(c(OC)c2)OCOC3)[nH]c1=O. The van der Waals surface area contributed by atoms with Crippen LogP contribution < -0.4 is 25.8 Å². The number of carbonyl (C=O) groups excluding carboxylic acids is 2. The summed E-state index contributed by atoms with van der Waals surface area (Å²) in [5.41, 5.74) is 1.80. The van der Waals surface area contributed by atoms with Gasteiger partial charge in [-0.05, 0) is 73.7 Å². The summed E-state index contributed by atoms with van der Waals surface area (Å²) in [6.07, 6.45) is -0.624. The molecule has 0 saturated carbocycles. The fourth-order valence-electron chi connectivity index (χ4n) is 4.77. The van der Waals surface area contributed by atoms with Gasteiger partial charge in [0.1, 0.15) is 16.5 Å². The van der Waals surface area contributed by atoms with Crippen molar-refractivity contribution in [2.45, 2.75) is 45.6 Å². The Morgan fingerprint density at radius 3 is 2.74 bits per heavy atom. The summed E-state index contributed by atoms with van der Waals surface area (Å²) in [6.45, 7) is 5.65. The molecule has 2 aromatic carbocycles. The maximum Gasteiger partial charge on any atom is 0.407 e. The Hall–Kier alpha value is -5.33. The zero-order valence-corrected chi connectivity index (χ0v) is 26.6. The van der Waals surface area contributed by atoms with E-state index in [0.717, 1.165) is 21.6 Å². The highest BCUT2D eigenvalue weighted by molar-refractivity contribution is 7.12. The summed E-state index contributed by atoms with van der Waals surface area (Å²) in [5.74, 6) is 0.618. The average molecular weight is 649 g/mol. The van der Waals surface area contributed by atoms with E-state index in [1.54, 1.807) is 56.5 Å². The van der Waals surface area contributed by atoms with Crippen molar-refractivity contribution >= 4 is 29.1 Å². The van der Waals surface area contributed by atoms with Crippen molar-refractivity contribution in [1.82, 2.24) is 20.1 Å². The molecule has 0 saturated heterocycles. The fourth-order valence-corrected chi connectivity index (χ4v) is 5.56. The topological polar surface area (TPSA) is 179 Å². The molecule has 240 valence electrons. The van der Waals surface area contributed by atoms with Crippen LogP contribution >= 0.6 is 11.3 Å². The normalized spacial score (nSPS) is 13.0. The minimum atomic E-state index is -0.783. The van der Waals surface area contributed by atoms with E-state index in [0.29, 0.717) is 33.9 Å². The van der Waals surface area contributed by atoms with Crippen LogP contribution in [-0.4, -0.2) is 53.4 Å². The Morgan fingerprint density at radius 2 is 2.02 bits per heavy atom. The van der Waals surface area contributed by atoms with Gasteiger partial charge in [0.25, 0.3) is 0 Å². The monoisotopic (exact) mass is 648 g/mol. The van der Waals surface area contributed by atoms with Gasteiger partial charge in [-0.25, -0.2) is 14.4 Å². The molecule has 3 heterocycles. The van der Waals surface area contributed by atoms with Gasteiger partial charge < -0.3 is 34.3 Å². The van der Waals surface area contributed by atoms with Crippen molar-refractivity contribution < 1.29 is 33.3 Å². The molecule has 1 atom stereocenters. The molecule has 3 N–H and O–H groups in total. The summed E-state index contributed by atoms with van der Waals surface area (Å²) in [6, 6.07) is 11.6. The fraction of sp³-hybridized carbons (Fsp3) is 0.323. The minimum Gasteiger partial charge on any atom is -0.493 e. The van der Waals surface area contributed by atoms with Gasteiger partial charge in [-0.15, -0.1) is 16.4 Å². The van der Waals surface area contributed by atoms with Crippen LogP contribution in [0.4, 0.5) is 10.5 Å². The Morgan fingerprint density at radius 1 is 1.22 bits per heavy atom. The first-order valence-electron chi connectivity index (χ1n) is 14.0. The number of thiophene rings is 1. The number of alkyl carbamates (subject to hydrolysis) is 1. The number of fused-ring (bicyclic) bond motifs is 1. The number of hydrogen-bond acceptors (Lipinski definition) is 12.